The van der Waals surface area contributed by atoms with E-state index in [0.717, 1.165) is 12.8 Å². The van der Waals surface area contributed by atoms with E-state index >= 15 is 0 Å². The lowest BCUT2D eigenvalue weighted by molar-refractivity contribution is -0.149. The summed E-state index contributed by atoms with van der Waals surface area (Å²) in [6.45, 7) is 2.43. The lowest BCUT2D eigenvalue weighted by Gasteiger charge is -2.25. The summed E-state index contributed by atoms with van der Waals surface area (Å²) in [6.07, 6.45) is 2.75. The Hall–Kier alpha value is -2.09. The van der Waals surface area contributed by atoms with Gasteiger partial charge in [-0.1, -0.05) is 31.5 Å². The van der Waals surface area contributed by atoms with Crippen LogP contribution in [0.15, 0.2) is 35.2 Å². The molecule has 7 nitrogen and oxygen atoms in total. The fraction of sp³-hybridized carbons (Fsp3) is 0.579. The molecule has 8 heteroatoms. The number of nitrogens with zero attached hydrogens (tertiary/aromatic N) is 1. The molecule has 2 N–H and O–H groups in total. The van der Waals surface area contributed by atoms with Crippen molar-refractivity contribution in [3.8, 4) is 0 Å². The Morgan fingerprint density at radius 2 is 2.04 bits per heavy atom. The van der Waals surface area contributed by atoms with Crippen molar-refractivity contribution >= 4 is 21.8 Å². The summed E-state index contributed by atoms with van der Waals surface area (Å²) in [4.78, 5) is 26.2. The van der Waals surface area contributed by atoms with Gasteiger partial charge in [-0.15, -0.1) is 0 Å². The molecule has 1 saturated heterocycles. The van der Waals surface area contributed by atoms with Crippen LogP contribution in [0.3, 0.4) is 0 Å². The first-order valence-corrected chi connectivity index (χ1v) is 11.0. The highest BCUT2D eigenvalue weighted by Gasteiger charge is 2.55. The fourth-order valence-corrected chi connectivity index (χ4v) is 5.92. The van der Waals surface area contributed by atoms with Crippen molar-refractivity contribution in [1.29, 1.82) is 0 Å². The molecule has 148 valence electrons. The molecule has 1 aromatic rings. The minimum Gasteiger partial charge on any atom is -0.481 e. The molecule has 3 rings (SSSR count). The normalized spacial score (nSPS) is 25.8. The summed E-state index contributed by atoms with van der Waals surface area (Å²) >= 11 is 0. The van der Waals surface area contributed by atoms with Gasteiger partial charge in [0.15, 0.2) is 9.84 Å². The first-order valence-electron chi connectivity index (χ1n) is 9.35. The third-order valence-corrected chi connectivity index (χ3v) is 7.76. The van der Waals surface area contributed by atoms with Crippen LogP contribution in [0.25, 0.3) is 0 Å². The summed E-state index contributed by atoms with van der Waals surface area (Å²) in [5.41, 5.74) is -0.838. The molecule has 3 atom stereocenters. The Kier molecular flexibility index (Phi) is 5.46. The first kappa shape index (κ1) is 19.7. The van der Waals surface area contributed by atoms with Crippen molar-refractivity contribution < 1.29 is 23.1 Å². The summed E-state index contributed by atoms with van der Waals surface area (Å²) in [7, 11) is -3.51. The second kappa shape index (κ2) is 7.50. The number of aliphatic carboxylic acids is 1. The highest BCUT2D eigenvalue weighted by molar-refractivity contribution is 7.91. The van der Waals surface area contributed by atoms with E-state index < -0.39 is 27.3 Å². The van der Waals surface area contributed by atoms with Crippen molar-refractivity contribution in [2.75, 3.05) is 18.8 Å². The SMILES string of the molecule is CCC(CS(=O)(=O)c1ccccc1)NC(=O)N1C[C@@H]2CCC[C@@]2(C(=O)O)C1. The smallest absolute Gasteiger partial charge is 0.317 e. The zero-order valence-electron chi connectivity index (χ0n) is 15.4. The number of sulfone groups is 1. The van der Waals surface area contributed by atoms with Gasteiger partial charge >= 0.3 is 12.0 Å². The van der Waals surface area contributed by atoms with Crippen LogP contribution in [0.5, 0.6) is 0 Å². The molecule has 2 aliphatic rings. The lowest BCUT2D eigenvalue weighted by atomic mass is 9.81. The van der Waals surface area contributed by atoms with Crippen LogP contribution in [0, 0.1) is 11.3 Å². The van der Waals surface area contributed by atoms with E-state index in [1.807, 2.05) is 6.92 Å². The second-order valence-electron chi connectivity index (χ2n) is 7.58. The van der Waals surface area contributed by atoms with E-state index in [-0.39, 0.29) is 29.1 Å². The molecule has 1 aliphatic heterocycles. The Balaban J connectivity index is 1.65. The second-order valence-corrected chi connectivity index (χ2v) is 9.61. The van der Waals surface area contributed by atoms with Gasteiger partial charge in [-0.3, -0.25) is 4.79 Å². The number of rotatable bonds is 6. The number of urea groups is 1. The van der Waals surface area contributed by atoms with Crippen molar-refractivity contribution in [1.82, 2.24) is 10.2 Å². The number of carbonyl (C=O) groups excluding carboxylic acids is 1. The molecule has 1 heterocycles. The number of benzene rings is 1. The number of amides is 2. The molecule has 27 heavy (non-hydrogen) atoms. The lowest BCUT2D eigenvalue weighted by Crippen LogP contribution is -2.47. The number of carbonyl (C=O) groups is 2. The van der Waals surface area contributed by atoms with Crippen LogP contribution < -0.4 is 5.32 Å². The van der Waals surface area contributed by atoms with E-state index in [0.29, 0.717) is 19.4 Å². The highest BCUT2D eigenvalue weighted by atomic mass is 32.2. The van der Waals surface area contributed by atoms with E-state index in [9.17, 15) is 23.1 Å². The minimum atomic E-state index is -3.51. The monoisotopic (exact) mass is 394 g/mol. The summed E-state index contributed by atoms with van der Waals surface area (Å²) < 4.78 is 25.1. The maximum absolute atomic E-state index is 12.7. The molecule has 0 aromatic heterocycles. The molecule has 1 unspecified atom stereocenters. The van der Waals surface area contributed by atoms with Crippen molar-refractivity contribution in [2.45, 2.75) is 43.5 Å². The zero-order valence-corrected chi connectivity index (χ0v) is 16.2. The van der Waals surface area contributed by atoms with Crippen molar-refractivity contribution in [2.24, 2.45) is 11.3 Å². The van der Waals surface area contributed by atoms with Gasteiger partial charge in [0.25, 0.3) is 0 Å². The summed E-state index contributed by atoms with van der Waals surface area (Å²) in [6, 6.07) is 7.27. The zero-order chi connectivity index (χ0) is 19.7. The molecule has 1 aliphatic carbocycles. The average Bonchev–Trinajstić information content (AvgIpc) is 3.20. The molecule has 1 saturated carbocycles. The highest BCUT2D eigenvalue weighted by Crippen LogP contribution is 2.48. The predicted octanol–water partition coefficient (Wildman–Crippen LogP) is 2.14. The van der Waals surface area contributed by atoms with Gasteiger partial charge in [-0.2, -0.15) is 0 Å². The maximum Gasteiger partial charge on any atom is 0.317 e. The molecule has 1 aromatic carbocycles. The Morgan fingerprint density at radius 1 is 1.33 bits per heavy atom. The molecular formula is C19H26N2O5S. The average molecular weight is 394 g/mol. The van der Waals surface area contributed by atoms with Gasteiger partial charge in [-0.05, 0) is 37.3 Å². The van der Waals surface area contributed by atoms with Crippen LogP contribution in [0.4, 0.5) is 4.79 Å². The number of carboxylic acid groups (broad SMARTS) is 1. The van der Waals surface area contributed by atoms with Gasteiger partial charge < -0.3 is 15.3 Å². The molecular weight excluding hydrogens is 368 g/mol. The first-order chi connectivity index (χ1) is 12.8. The predicted molar refractivity (Wildman–Crippen MR) is 100 cm³/mol. The Labute approximate surface area is 159 Å². The molecule has 2 amide bonds. The maximum atomic E-state index is 12.7. The van der Waals surface area contributed by atoms with Gasteiger partial charge in [0.1, 0.15) is 0 Å². The number of fused-ring (bicyclic) bond motifs is 1. The Morgan fingerprint density at radius 3 is 2.63 bits per heavy atom. The summed E-state index contributed by atoms with van der Waals surface area (Å²) in [5.74, 6) is -1.03. The number of hydrogen-bond acceptors (Lipinski definition) is 4. The number of likely N-dealkylation sites (tertiary alicyclic amines) is 1. The topological polar surface area (TPSA) is 104 Å². The number of carboxylic acids is 1. The van der Waals surface area contributed by atoms with E-state index in [1.54, 1.807) is 30.3 Å². The van der Waals surface area contributed by atoms with E-state index in [2.05, 4.69) is 5.32 Å². The third kappa shape index (κ3) is 3.81. The quantitative estimate of drug-likeness (QED) is 0.769. The molecule has 0 spiro atoms. The molecule has 2 fully saturated rings. The van der Waals surface area contributed by atoms with Crippen LogP contribution in [-0.2, 0) is 14.6 Å². The van der Waals surface area contributed by atoms with Crippen molar-refractivity contribution in [3.63, 3.8) is 0 Å². The van der Waals surface area contributed by atoms with E-state index in [4.69, 9.17) is 0 Å². The summed E-state index contributed by atoms with van der Waals surface area (Å²) in [5, 5.41) is 12.4. The Bertz CT molecular complexity index is 811. The fourth-order valence-electron chi connectivity index (χ4n) is 4.31. The van der Waals surface area contributed by atoms with Crippen LogP contribution in [-0.4, -0.2) is 55.3 Å². The van der Waals surface area contributed by atoms with Gasteiger partial charge in [-0.25, -0.2) is 13.2 Å². The molecule has 0 bridgehead atoms. The van der Waals surface area contributed by atoms with Crippen molar-refractivity contribution in [3.05, 3.63) is 30.3 Å². The number of hydrogen-bond donors (Lipinski definition) is 2. The third-order valence-electron chi connectivity index (χ3n) is 5.93. The van der Waals surface area contributed by atoms with E-state index in [1.165, 1.54) is 4.90 Å². The largest absolute Gasteiger partial charge is 0.481 e. The van der Waals surface area contributed by atoms with Gasteiger partial charge in [0, 0.05) is 19.1 Å². The number of nitrogens with one attached hydrogen (secondary N) is 1. The van der Waals surface area contributed by atoms with Crippen LogP contribution in [0.2, 0.25) is 0 Å². The standard InChI is InChI=1S/C19H26N2O5S/c1-2-15(12-27(25,26)16-8-4-3-5-9-16)20-18(24)21-11-14-7-6-10-19(14,13-21)17(22)23/h3-5,8-9,14-15H,2,6-7,10-13H2,1H3,(H,20,24)(H,22,23)/t14-,15?,19+/m0/s1. The van der Waals surface area contributed by atoms with Crippen LogP contribution in [0.1, 0.15) is 32.6 Å². The minimum absolute atomic E-state index is 0.0196. The van der Waals surface area contributed by atoms with Gasteiger partial charge in [0.05, 0.1) is 16.1 Å². The van der Waals surface area contributed by atoms with Gasteiger partial charge in [0.2, 0.25) is 0 Å². The molecule has 0 radical (unpaired) electrons. The van der Waals surface area contributed by atoms with Crippen LogP contribution >= 0.6 is 0 Å².